The Morgan fingerprint density at radius 3 is 2.23 bits per heavy atom. The minimum Gasteiger partial charge on any atom is -0.256 e. The second kappa shape index (κ2) is 6.99. The predicted molar refractivity (Wildman–Crippen MR) is 105 cm³/mol. The van der Waals surface area contributed by atoms with Gasteiger partial charge in [0.2, 0.25) is 0 Å². The van der Waals surface area contributed by atoms with Crippen molar-refractivity contribution in [3.05, 3.63) is 65.5 Å². The van der Waals surface area contributed by atoms with Crippen molar-refractivity contribution in [3.63, 3.8) is 0 Å². The van der Waals surface area contributed by atoms with E-state index < -0.39 is 9.84 Å². The predicted octanol–water partition coefficient (Wildman–Crippen LogP) is 4.98. The van der Waals surface area contributed by atoms with Crippen LogP contribution in [0.15, 0.2) is 53.6 Å². The summed E-state index contributed by atoms with van der Waals surface area (Å²) >= 11 is 0. The molecule has 0 saturated heterocycles. The number of allylic oxidation sites excluding steroid dienone is 1. The van der Waals surface area contributed by atoms with Gasteiger partial charge in [-0.05, 0) is 66.8 Å². The van der Waals surface area contributed by atoms with E-state index in [9.17, 15) is 8.42 Å². The van der Waals surface area contributed by atoms with Crippen LogP contribution in [-0.2, 0) is 9.84 Å². The van der Waals surface area contributed by atoms with Gasteiger partial charge in [0.15, 0.2) is 9.84 Å². The minimum absolute atomic E-state index is 0.360. The molecule has 4 heteroatoms. The first-order chi connectivity index (χ1) is 12.5. The van der Waals surface area contributed by atoms with E-state index in [4.69, 9.17) is 4.98 Å². The van der Waals surface area contributed by atoms with E-state index in [1.807, 2.05) is 18.3 Å². The molecule has 0 radical (unpaired) electrons. The van der Waals surface area contributed by atoms with Crippen LogP contribution in [0.1, 0.15) is 61.3 Å². The Balaban J connectivity index is 1.70. The number of hydrogen-bond donors (Lipinski definition) is 0. The van der Waals surface area contributed by atoms with Gasteiger partial charge < -0.3 is 0 Å². The van der Waals surface area contributed by atoms with Gasteiger partial charge in [-0.25, -0.2) is 8.42 Å². The zero-order valence-electron chi connectivity index (χ0n) is 15.2. The molecule has 0 unspecified atom stereocenters. The highest BCUT2D eigenvalue weighted by atomic mass is 32.2. The molecule has 3 nitrogen and oxygen atoms in total. The third kappa shape index (κ3) is 3.90. The Labute approximate surface area is 156 Å². The molecule has 4 rings (SSSR count). The fourth-order valence-corrected chi connectivity index (χ4v) is 4.42. The van der Waals surface area contributed by atoms with E-state index in [1.54, 1.807) is 12.1 Å². The van der Waals surface area contributed by atoms with Crippen molar-refractivity contribution in [3.8, 4) is 0 Å². The van der Waals surface area contributed by atoms with E-state index in [2.05, 4.69) is 18.2 Å². The molecule has 0 bridgehead atoms. The molecule has 1 aromatic heterocycles. The average Bonchev–Trinajstić information content (AvgIpc) is 3.36. The lowest BCUT2D eigenvalue weighted by Crippen LogP contribution is -1.99. The van der Waals surface area contributed by atoms with Crippen molar-refractivity contribution >= 4 is 15.4 Å². The van der Waals surface area contributed by atoms with Crippen LogP contribution in [0, 0.1) is 5.92 Å². The maximum Gasteiger partial charge on any atom is 0.175 e. The normalized spacial score (nSPS) is 19.0. The second-order valence-corrected chi connectivity index (χ2v) is 9.69. The maximum absolute atomic E-state index is 11.7. The Bertz CT molecular complexity index is 902. The first-order valence-corrected chi connectivity index (χ1v) is 11.4. The molecule has 2 aromatic rings. The summed E-state index contributed by atoms with van der Waals surface area (Å²) in [6.45, 7) is 0. The fourth-order valence-electron chi connectivity index (χ4n) is 3.79. The van der Waals surface area contributed by atoms with Gasteiger partial charge in [0, 0.05) is 18.0 Å². The van der Waals surface area contributed by atoms with Crippen LogP contribution in [0.3, 0.4) is 0 Å². The number of hydrogen-bond acceptors (Lipinski definition) is 3. The number of pyridine rings is 1. The van der Waals surface area contributed by atoms with Gasteiger partial charge >= 0.3 is 0 Å². The van der Waals surface area contributed by atoms with Crippen molar-refractivity contribution in [1.29, 1.82) is 0 Å². The molecule has 2 aliphatic rings. The van der Waals surface area contributed by atoms with Gasteiger partial charge in [0.05, 0.1) is 10.6 Å². The summed E-state index contributed by atoms with van der Waals surface area (Å²) in [4.78, 5) is 5.10. The molecular weight excluding hydrogens is 342 g/mol. The van der Waals surface area contributed by atoms with Crippen LogP contribution < -0.4 is 0 Å². The topological polar surface area (TPSA) is 47.0 Å². The van der Waals surface area contributed by atoms with E-state index in [0.29, 0.717) is 16.7 Å². The van der Waals surface area contributed by atoms with Gasteiger partial charge in [0.1, 0.15) is 0 Å². The van der Waals surface area contributed by atoms with Crippen LogP contribution in [-0.4, -0.2) is 19.7 Å². The Morgan fingerprint density at radius 1 is 1.00 bits per heavy atom. The largest absolute Gasteiger partial charge is 0.256 e. The van der Waals surface area contributed by atoms with E-state index in [-0.39, 0.29) is 0 Å². The number of nitrogens with zero attached hydrogens (tertiary/aromatic N) is 1. The highest BCUT2D eigenvalue weighted by Gasteiger charge is 2.24. The lowest BCUT2D eigenvalue weighted by atomic mass is 9.95. The smallest absolute Gasteiger partial charge is 0.175 e. The SMILES string of the molecule is CS(=O)(=O)c1ccc(/C(=C\C2CCCC2)c2ccc(C3CC3)cn2)cc1. The molecule has 136 valence electrons. The number of benzene rings is 1. The summed E-state index contributed by atoms with van der Waals surface area (Å²) in [5.74, 6) is 1.29. The van der Waals surface area contributed by atoms with Gasteiger partial charge in [-0.2, -0.15) is 0 Å². The first kappa shape index (κ1) is 17.5. The third-order valence-corrected chi connectivity index (χ3v) is 6.64. The van der Waals surface area contributed by atoms with Crippen molar-refractivity contribution in [1.82, 2.24) is 4.98 Å². The fraction of sp³-hybridized carbons (Fsp3) is 0.409. The quantitative estimate of drug-likeness (QED) is 0.748. The number of sulfone groups is 1. The summed E-state index contributed by atoms with van der Waals surface area (Å²) in [6.07, 6.45) is 13.2. The highest BCUT2D eigenvalue weighted by molar-refractivity contribution is 7.90. The van der Waals surface area contributed by atoms with Gasteiger partial charge in [-0.1, -0.05) is 37.1 Å². The summed E-state index contributed by atoms with van der Waals surface area (Å²) in [5.41, 5.74) is 4.48. The molecule has 0 amide bonds. The average molecular weight is 368 g/mol. The molecule has 2 aliphatic carbocycles. The molecule has 1 heterocycles. The van der Waals surface area contributed by atoms with Crippen molar-refractivity contribution in [2.45, 2.75) is 49.3 Å². The van der Waals surface area contributed by atoms with Crippen LogP contribution in [0.4, 0.5) is 0 Å². The highest BCUT2D eigenvalue weighted by Crippen LogP contribution is 2.40. The zero-order chi connectivity index (χ0) is 18.1. The third-order valence-electron chi connectivity index (χ3n) is 5.51. The molecule has 0 spiro atoms. The van der Waals surface area contributed by atoms with Crippen LogP contribution in [0.5, 0.6) is 0 Å². The van der Waals surface area contributed by atoms with Crippen LogP contribution in [0.2, 0.25) is 0 Å². The summed E-state index contributed by atoms with van der Waals surface area (Å²) in [7, 11) is -3.18. The Morgan fingerprint density at radius 2 is 1.69 bits per heavy atom. The molecule has 0 atom stereocenters. The molecule has 2 fully saturated rings. The maximum atomic E-state index is 11.7. The summed E-state index contributed by atoms with van der Waals surface area (Å²) in [5, 5.41) is 0. The molecule has 26 heavy (non-hydrogen) atoms. The molecule has 0 aliphatic heterocycles. The lowest BCUT2D eigenvalue weighted by Gasteiger charge is -2.12. The van der Waals surface area contributed by atoms with Crippen molar-refractivity contribution in [2.75, 3.05) is 6.26 Å². The number of rotatable bonds is 5. The first-order valence-electron chi connectivity index (χ1n) is 9.49. The zero-order valence-corrected chi connectivity index (χ0v) is 16.0. The monoisotopic (exact) mass is 367 g/mol. The molecular formula is C22H25NO2S. The van der Waals surface area contributed by atoms with E-state index in [1.165, 1.54) is 50.3 Å². The molecule has 1 aromatic carbocycles. The van der Waals surface area contributed by atoms with Gasteiger partial charge in [0.25, 0.3) is 0 Å². The standard InChI is InChI=1S/C22H25NO2S/c1-26(24,25)20-11-8-18(9-12-20)21(14-16-4-2-3-5-16)22-13-10-19(15-23-22)17-6-7-17/h8-17H,2-7H2,1H3/b21-14+. The van der Waals surface area contributed by atoms with Crippen molar-refractivity contribution < 1.29 is 8.42 Å². The van der Waals surface area contributed by atoms with Gasteiger partial charge in [-0.15, -0.1) is 0 Å². The van der Waals surface area contributed by atoms with Crippen molar-refractivity contribution in [2.24, 2.45) is 5.92 Å². The summed E-state index contributed by atoms with van der Waals surface area (Å²) in [6, 6.07) is 11.5. The van der Waals surface area contributed by atoms with E-state index >= 15 is 0 Å². The second-order valence-electron chi connectivity index (χ2n) is 7.67. The van der Waals surface area contributed by atoms with Crippen LogP contribution >= 0.6 is 0 Å². The molecule has 2 saturated carbocycles. The lowest BCUT2D eigenvalue weighted by molar-refractivity contribution is 0.602. The Kier molecular flexibility index (Phi) is 4.70. The Hall–Kier alpha value is -1.94. The van der Waals surface area contributed by atoms with E-state index in [0.717, 1.165) is 16.8 Å². The van der Waals surface area contributed by atoms with Crippen LogP contribution in [0.25, 0.3) is 5.57 Å². The number of aromatic nitrogens is 1. The van der Waals surface area contributed by atoms with Gasteiger partial charge in [-0.3, -0.25) is 4.98 Å². The molecule has 0 N–H and O–H groups in total. The summed E-state index contributed by atoms with van der Waals surface area (Å²) < 4.78 is 23.5. The minimum atomic E-state index is -3.18.